The van der Waals surface area contributed by atoms with Crippen molar-refractivity contribution in [3.63, 3.8) is 0 Å². The molecule has 0 spiro atoms. The van der Waals surface area contributed by atoms with Gasteiger partial charge >= 0.3 is 5.97 Å². The van der Waals surface area contributed by atoms with Gasteiger partial charge < -0.3 is 10.4 Å². The topological polar surface area (TPSA) is 69.6 Å². The number of rotatable bonds is 3. The molecule has 17 heavy (non-hydrogen) atoms. The fourth-order valence-corrected chi connectivity index (χ4v) is 1.85. The lowest BCUT2D eigenvalue weighted by Gasteiger charge is -2.31. The van der Waals surface area contributed by atoms with Crippen molar-refractivity contribution in [1.29, 1.82) is 0 Å². The molecule has 1 atom stereocenters. The molecule has 1 saturated heterocycles. The van der Waals surface area contributed by atoms with Crippen molar-refractivity contribution in [2.45, 2.75) is 33.6 Å². The summed E-state index contributed by atoms with van der Waals surface area (Å²) in [6.45, 7) is 7.41. The Balaban J connectivity index is 2.37. The summed E-state index contributed by atoms with van der Waals surface area (Å²) >= 11 is 0. The smallest absolute Gasteiger partial charge is 0.307 e. The average molecular weight is 242 g/mol. The number of likely N-dealkylation sites (tertiary alicyclic amines) is 1. The lowest BCUT2D eigenvalue weighted by molar-refractivity contribution is -0.143. The van der Waals surface area contributed by atoms with Crippen LogP contribution in [-0.2, 0) is 9.59 Å². The third kappa shape index (κ3) is 4.34. The molecule has 1 fully saturated rings. The van der Waals surface area contributed by atoms with Crippen LogP contribution >= 0.6 is 0 Å². The lowest BCUT2D eigenvalue weighted by atomic mass is 9.96. The molecule has 1 aliphatic heterocycles. The third-order valence-corrected chi connectivity index (χ3v) is 3.00. The van der Waals surface area contributed by atoms with E-state index in [0.29, 0.717) is 13.2 Å². The van der Waals surface area contributed by atoms with E-state index in [2.05, 4.69) is 5.32 Å². The van der Waals surface area contributed by atoms with Crippen LogP contribution in [0.4, 0.5) is 0 Å². The maximum Gasteiger partial charge on any atom is 0.307 e. The zero-order valence-corrected chi connectivity index (χ0v) is 10.8. The third-order valence-electron chi connectivity index (χ3n) is 3.00. The summed E-state index contributed by atoms with van der Waals surface area (Å²) in [6, 6.07) is 0. The second-order valence-electron chi connectivity index (χ2n) is 5.67. The van der Waals surface area contributed by atoms with Gasteiger partial charge in [-0.3, -0.25) is 14.5 Å². The number of carboxylic acid groups (broad SMARTS) is 1. The number of nitrogens with zero attached hydrogens (tertiary/aromatic N) is 1. The Bertz CT molecular complexity index is 297. The lowest BCUT2D eigenvalue weighted by Crippen LogP contribution is -2.47. The van der Waals surface area contributed by atoms with Crippen LogP contribution in [0.25, 0.3) is 0 Å². The van der Waals surface area contributed by atoms with Crippen LogP contribution < -0.4 is 5.32 Å². The molecular weight excluding hydrogens is 220 g/mol. The minimum Gasteiger partial charge on any atom is -0.481 e. The number of nitrogens with one attached hydrogen (secondary N) is 1. The number of aliphatic carboxylic acids is 1. The first kappa shape index (κ1) is 14.0. The molecule has 0 aromatic rings. The van der Waals surface area contributed by atoms with E-state index in [4.69, 9.17) is 5.11 Å². The summed E-state index contributed by atoms with van der Waals surface area (Å²) in [5, 5.41) is 11.8. The average Bonchev–Trinajstić information content (AvgIpc) is 2.25. The van der Waals surface area contributed by atoms with E-state index in [0.717, 1.165) is 19.4 Å². The van der Waals surface area contributed by atoms with Gasteiger partial charge in [0.25, 0.3) is 0 Å². The number of carboxylic acids is 1. The van der Waals surface area contributed by atoms with Crippen molar-refractivity contribution in [3.8, 4) is 0 Å². The van der Waals surface area contributed by atoms with Crippen LogP contribution in [0.15, 0.2) is 0 Å². The van der Waals surface area contributed by atoms with Gasteiger partial charge in [0, 0.05) is 12.0 Å². The van der Waals surface area contributed by atoms with E-state index < -0.39 is 11.4 Å². The van der Waals surface area contributed by atoms with E-state index in [1.165, 1.54) is 0 Å². The summed E-state index contributed by atoms with van der Waals surface area (Å²) in [5.74, 6) is -1.04. The maximum atomic E-state index is 11.7. The van der Waals surface area contributed by atoms with Crippen LogP contribution in [0, 0.1) is 11.3 Å². The first-order valence-electron chi connectivity index (χ1n) is 6.04. The molecule has 1 aliphatic rings. The van der Waals surface area contributed by atoms with Crippen LogP contribution in [0.1, 0.15) is 33.6 Å². The van der Waals surface area contributed by atoms with Gasteiger partial charge in [-0.2, -0.15) is 0 Å². The predicted octanol–water partition coefficient (Wildman–Crippen LogP) is 0.903. The van der Waals surface area contributed by atoms with E-state index >= 15 is 0 Å². The molecular formula is C12H22N2O3. The van der Waals surface area contributed by atoms with Gasteiger partial charge in [-0.1, -0.05) is 20.8 Å². The van der Waals surface area contributed by atoms with Crippen molar-refractivity contribution < 1.29 is 14.7 Å². The number of carbonyl (C=O) groups is 2. The van der Waals surface area contributed by atoms with Gasteiger partial charge in [-0.25, -0.2) is 0 Å². The molecule has 2 N–H and O–H groups in total. The van der Waals surface area contributed by atoms with Crippen LogP contribution in [0.3, 0.4) is 0 Å². The minimum atomic E-state index is -0.739. The molecule has 0 bridgehead atoms. The minimum absolute atomic E-state index is 0.00468. The molecule has 0 saturated carbocycles. The normalized spacial score (nSPS) is 22.2. The summed E-state index contributed by atoms with van der Waals surface area (Å²) in [4.78, 5) is 24.5. The summed E-state index contributed by atoms with van der Waals surface area (Å²) in [5.41, 5.74) is -0.401. The van der Waals surface area contributed by atoms with Crippen molar-refractivity contribution in [1.82, 2.24) is 10.2 Å². The fraction of sp³-hybridized carbons (Fsp3) is 0.833. The highest BCUT2D eigenvalue weighted by atomic mass is 16.4. The van der Waals surface area contributed by atoms with Crippen LogP contribution in [0.5, 0.6) is 0 Å². The number of carbonyl (C=O) groups excluding carboxylic acids is 1. The molecule has 0 aliphatic carbocycles. The Morgan fingerprint density at radius 1 is 1.41 bits per heavy atom. The van der Waals surface area contributed by atoms with Gasteiger partial charge in [0.1, 0.15) is 0 Å². The highest BCUT2D eigenvalue weighted by molar-refractivity contribution is 5.81. The van der Waals surface area contributed by atoms with E-state index in [1.807, 2.05) is 25.7 Å². The SMILES string of the molecule is CC(C)(C)C(=O)NCN1CCCC(C(=O)O)C1. The number of amides is 1. The number of hydrogen-bond donors (Lipinski definition) is 2. The molecule has 0 radical (unpaired) electrons. The molecule has 0 aromatic heterocycles. The van der Waals surface area contributed by atoms with E-state index in [1.54, 1.807) is 0 Å². The molecule has 98 valence electrons. The molecule has 1 unspecified atom stereocenters. The summed E-state index contributed by atoms with van der Waals surface area (Å²) < 4.78 is 0. The quantitative estimate of drug-likeness (QED) is 0.771. The first-order chi connectivity index (χ1) is 7.80. The molecule has 1 amide bonds. The van der Waals surface area contributed by atoms with Gasteiger partial charge in [-0.05, 0) is 19.4 Å². The Morgan fingerprint density at radius 2 is 2.06 bits per heavy atom. The Labute approximate surface area is 102 Å². The molecule has 5 nitrogen and oxygen atoms in total. The zero-order chi connectivity index (χ0) is 13.1. The second-order valence-corrected chi connectivity index (χ2v) is 5.67. The first-order valence-corrected chi connectivity index (χ1v) is 6.04. The Morgan fingerprint density at radius 3 is 2.59 bits per heavy atom. The Kier molecular flexibility index (Phi) is 4.51. The van der Waals surface area contributed by atoms with Crippen LogP contribution in [0.2, 0.25) is 0 Å². The summed E-state index contributed by atoms with van der Waals surface area (Å²) in [7, 11) is 0. The van der Waals surface area contributed by atoms with E-state index in [9.17, 15) is 9.59 Å². The van der Waals surface area contributed by atoms with Gasteiger partial charge in [0.2, 0.25) is 5.91 Å². The molecule has 0 aromatic carbocycles. The number of piperidine rings is 1. The monoisotopic (exact) mass is 242 g/mol. The van der Waals surface area contributed by atoms with Crippen molar-refractivity contribution in [3.05, 3.63) is 0 Å². The Hall–Kier alpha value is -1.10. The largest absolute Gasteiger partial charge is 0.481 e. The van der Waals surface area contributed by atoms with Gasteiger partial charge in [-0.15, -0.1) is 0 Å². The van der Waals surface area contributed by atoms with Crippen molar-refractivity contribution in [2.75, 3.05) is 19.8 Å². The van der Waals surface area contributed by atoms with Crippen molar-refractivity contribution >= 4 is 11.9 Å². The van der Waals surface area contributed by atoms with Crippen molar-refractivity contribution in [2.24, 2.45) is 11.3 Å². The highest BCUT2D eigenvalue weighted by Gasteiger charge is 2.26. The van der Waals surface area contributed by atoms with Gasteiger partial charge in [0.15, 0.2) is 0 Å². The number of hydrogen-bond acceptors (Lipinski definition) is 3. The standard InChI is InChI=1S/C12H22N2O3/c1-12(2,3)11(17)13-8-14-6-4-5-9(7-14)10(15)16/h9H,4-8H2,1-3H3,(H,13,17)(H,15,16). The molecule has 1 heterocycles. The maximum absolute atomic E-state index is 11.7. The van der Waals surface area contributed by atoms with Crippen LogP contribution in [-0.4, -0.2) is 41.6 Å². The highest BCUT2D eigenvalue weighted by Crippen LogP contribution is 2.16. The fourth-order valence-electron chi connectivity index (χ4n) is 1.85. The summed E-state index contributed by atoms with van der Waals surface area (Å²) in [6.07, 6.45) is 1.61. The van der Waals surface area contributed by atoms with Gasteiger partial charge in [0.05, 0.1) is 12.6 Å². The second kappa shape index (κ2) is 5.49. The molecule has 5 heteroatoms. The molecule has 1 rings (SSSR count). The van der Waals surface area contributed by atoms with E-state index in [-0.39, 0.29) is 11.8 Å². The predicted molar refractivity (Wildman–Crippen MR) is 64.4 cm³/mol. The zero-order valence-electron chi connectivity index (χ0n) is 10.8.